The van der Waals surface area contributed by atoms with E-state index in [1.165, 1.54) is 12.1 Å². The van der Waals surface area contributed by atoms with Gasteiger partial charge < -0.3 is 9.64 Å². The quantitative estimate of drug-likeness (QED) is 0.653. The predicted molar refractivity (Wildman–Crippen MR) is 98.2 cm³/mol. The maximum Gasteiger partial charge on any atom is 0.307 e. The van der Waals surface area contributed by atoms with Gasteiger partial charge in [0.05, 0.1) is 19.4 Å². The summed E-state index contributed by atoms with van der Waals surface area (Å²) in [6.07, 6.45) is 0.257. The van der Waals surface area contributed by atoms with Gasteiger partial charge in [0.1, 0.15) is 5.82 Å². The molecule has 0 fully saturated rings. The third-order valence-electron chi connectivity index (χ3n) is 3.80. The van der Waals surface area contributed by atoms with Crippen molar-refractivity contribution in [1.82, 2.24) is 4.90 Å². The molecule has 0 spiro atoms. The van der Waals surface area contributed by atoms with Crippen LogP contribution in [0.5, 0.6) is 0 Å². The molecule has 0 aliphatic rings. The van der Waals surface area contributed by atoms with Crippen molar-refractivity contribution in [3.63, 3.8) is 0 Å². The number of hydrogen-bond donors (Lipinski definition) is 0. The summed E-state index contributed by atoms with van der Waals surface area (Å²) in [4.78, 5) is 25.9. The number of benzene rings is 2. The van der Waals surface area contributed by atoms with E-state index in [2.05, 4.69) is 0 Å². The Labute approximate surface area is 157 Å². The molecule has 26 heavy (non-hydrogen) atoms. The second-order valence-corrected chi connectivity index (χ2v) is 6.24. The highest BCUT2D eigenvalue weighted by molar-refractivity contribution is 6.30. The van der Waals surface area contributed by atoms with Gasteiger partial charge in [-0.15, -0.1) is 0 Å². The standard InChI is InChI=1S/C20H21ClFNO3/c1-2-26-20(25)11-12-23(14-16-3-7-17(21)8-4-16)19(24)13-15-5-9-18(22)10-6-15/h3-10H,2,11-14H2,1H3. The van der Waals surface area contributed by atoms with Crippen LogP contribution in [-0.4, -0.2) is 29.9 Å². The highest BCUT2D eigenvalue weighted by atomic mass is 35.5. The molecule has 0 N–H and O–H groups in total. The van der Waals surface area contributed by atoms with E-state index in [-0.39, 0.29) is 37.1 Å². The second kappa shape index (κ2) is 9.92. The lowest BCUT2D eigenvalue weighted by atomic mass is 10.1. The molecule has 2 aromatic rings. The van der Waals surface area contributed by atoms with Crippen molar-refractivity contribution in [2.75, 3.05) is 13.2 Å². The number of hydrogen-bond acceptors (Lipinski definition) is 3. The maximum absolute atomic E-state index is 13.0. The molecule has 2 rings (SSSR count). The summed E-state index contributed by atoms with van der Waals surface area (Å²) in [6, 6.07) is 13.0. The molecule has 0 aliphatic heterocycles. The fourth-order valence-corrected chi connectivity index (χ4v) is 2.58. The van der Waals surface area contributed by atoms with Gasteiger partial charge in [-0.05, 0) is 42.3 Å². The van der Waals surface area contributed by atoms with Gasteiger partial charge in [-0.3, -0.25) is 9.59 Å². The van der Waals surface area contributed by atoms with Gasteiger partial charge >= 0.3 is 5.97 Å². The molecule has 0 saturated carbocycles. The minimum atomic E-state index is -0.346. The average molecular weight is 378 g/mol. The van der Waals surface area contributed by atoms with Crippen LogP contribution >= 0.6 is 11.6 Å². The zero-order valence-electron chi connectivity index (χ0n) is 14.6. The van der Waals surface area contributed by atoms with Crippen molar-refractivity contribution >= 4 is 23.5 Å². The number of esters is 1. The number of rotatable bonds is 8. The van der Waals surface area contributed by atoms with E-state index in [1.807, 2.05) is 12.1 Å². The smallest absolute Gasteiger partial charge is 0.307 e. The molecule has 0 radical (unpaired) electrons. The van der Waals surface area contributed by atoms with E-state index >= 15 is 0 Å². The monoisotopic (exact) mass is 377 g/mol. The molecule has 0 aromatic heterocycles. The van der Waals surface area contributed by atoms with Crippen LogP contribution in [-0.2, 0) is 27.3 Å². The van der Waals surface area contributed by atoms with Crippen LogP contribution in [0.4, 0.5) is 4.39 Å². The van der Waals surface area contributed by atoms with Gasteiger partial charge in [-0.25, -0.2) is 4.39 Å². The number of amides is 1. The fraction of sp³-hybridized carbons (Fsp3) is 0.300. The predicted octanol–water partition coefficient (Wildman–Crippen LogP) is 4.00. The Bertz CT molecular complexity index is 732. The Kier molecular flexibility index (Phi) is 7.60. The molecular weight excluding hydrogens is 357 g/mol. The van der Waals surface area contributed by atoms with Gasteiger partial charge in [0.15, 0.2) is 0 Å². The van der Waals surface area contributed by atoms with Gasteiger partial charge in [-0.2, -0.15) is 0 Å². The molecule has 2 aromatic carbocycles. The summed E-state index contributed by atoms with van der Waals surface area (Å²) in [5.41, 5.74) is 1.62. The molecule has 0 unspecified atom stereocenters. The van der Waals surface area contributed by atoms with E-state index < -0.39 is 0 Å². The first-order chi connectivity index (χ1) is 12.5. The first-order valence-corrected chi connectivity index (χ1v) is 8.78. The SMILES string of the molecule is CCOC(=O)CCN(Cc1ccc(Cl)cc1)C(=O)Cc1ccc(F)cc1. The number of ether oxygens (including phenoxy) is 1. The normalized spacial score (nSPS) is 10.4. The summed E-state index contributed by atoms with van der Waals surface area (Å²) >= 11 is 5.90. The Morgan fingerprint density at radius 1 is 1.04 bits per heavy atom. The Balaban J connectivity index is 2.07. The molecule has 0 bridgehead atoms. The van der Waals surface area contributed by atoms with Crippen molar-refractivity contribution in [2.45, 2.75) is 26.3 Å². The third kappa shape index (κ3) is 6.48. The van der Waals surface area contributed by atoms with E-state index in [9.17, 15) is 14.0 Å². The lowest BCUT2D eigenvalue weighted by Crippen LogP contribution is -2.34. The minimum absolute atomic E-state index is 0.122. The molecule has 6 heteroatoms. The van der Waals surface area contributed by atoms with Crippen LogP contribution in [0.3, 0.4) is 0 Å². The number of carbonyl (C=O) groups is 2. The van der Waals surface area contributed by atoms with Crippen LogP contribution in [0.15, 0.2) is 48.5 Å². The second-order valence-electron chi connectivity index (χ2n) is 5.80. The van der Waals surface area contributed by atoms with Gasteiger partial charge in [-0.1, -0.05) is 35.9 Å². The molecule has 1 amide bonds. The highest BCUT2D eigenvalue weighted by Crippen LogP contribution is 2.13. The van der Waals surface area contributed by atoms with Crippen molar-refractivity contribution in [3.8, 4) is 0 Å². The molecular formula is C20H21ClFNO3. The van der Waals surface area contributed by atoms with Crippen LogP contribution in [0.25, 0.3) is 0 Å². The van der Waals surface area contributed by atoms with E-state index in [4.69, 9.17) is 16.3 Å². The molecule has 0 atom stereocenters. The van der Waals surface area contributed by atoms with Crippen molar-refractivity contribution in [3.05, 3.63) is 70.5 Å². The summed E-state index contributed by atoms with van der Waals surface area (Å²) in [5.74, 6) is -0.833. The van der Waals surface area contributed by atoms with Crippen LogP contribution < -0.4 is 0 Å². The summed E-state index contributed by atoms with van der Waals surface area (Å²) < 4.78 is 18.0. The number of carbonyl (C=O) groups excluding carboxylic acids is 2. The lowest BCUT2D eigenvalue weighted by molar-refractivity contribution is -0.144. The lowest BCUT2D eigenvalue weighted by Gasteiger charge is -2.23. The third-order valence-corrected chi connectivity index (χ3v) is 4.05. The summed E-state index contributed by atoms with van der Waals surface area (Å²) in [5, 5.41) is 0.615. The molecule has 138 valence electrons. The Morgan fingerprint density at radius 3 is 2.27 bits per heavy atom. The molecule has 0 aliphatic carbocycles. The first-order valence-electron chi connectivity index (χ1n) is 8.40. The van der Waals surface area contributed by atoms with Crippen LogP contribution in [0, 0.1) is 5.82 Å². The Morgan fingerprint density at radius 2 is 1.65 bits per heavy atom. The molecule has 0 saturated heterocycles. The maximum atomic E-state index is 13.0. The fourth-order valence-electron chi connectivity index (χ4n) is 2.45. The van der Waals surface area contributed by atoms with Gasteiger partial charge in [0.2, 0.25) is 5.91 Å². The molecule has 4 nitrogen and oxygen atoms in total. The van der Waals surface area contributed by atoms with E-state index in [0.717, 1.165) is 5.56 Å². The van der Waals surface area contributed by atoms with Crippen LogP contribution in [0.2, 0.25) is 5.02 Å². The van der Waals surface area contributed by atoms with E-state index in [0.29, 0.717) is 23.7 Å². The Hall–Kier alpha value is -2.40. The highest BCUT2D eigenvalue weighted by Gasteiger charge is 2.16. The summed E-state index contributed by atoms with van der Waals surface area (Å²) in [7, 11) is 0. The minimum Gasteiger partial charge on any atom is -0.466 e. The number of halogens is 2. The topological polar surface area (TPSA) is 46.6 Å². The van der Waals surface area contributed by atoms with Crippen molar-refractivity contribution in [2.24, 2.45) is 0 Å². The van der Waals surface area contributed by atoms with Gasteiger partial charge in [0, 0.05) is 18.1 Å². The molecule has 0 heterocycles. The van der Waals surface area contributed by atoms with Crippen molar-refractivity contribution < 1.29 is 18.7 Å². The van der Waals surface area contributed by atoms with Gasteiger partial charge in [0.25, 0.3) is 0 Å². The van der Waals surface area contributed by atoms with Crippen molar-refractivity contribution in [1.29, 1.82) is 0 Å². The van der Waals surface area contributed by atoms with Crippen LogP contribution in [0.1, 0.15) is 24.5 Å². The average Bonchev–Trinajstić information content (AvgIpc) is 2.62. The largest absolute Gasteiger partial charge is 0.466 e. The summed E-state index contributed by atoms with van der Waals surface area (Å²) in [6.45, 7) is 2.65. The van der Waals surface area contributed by atoms with E-state index in [1.54, 1.807) is 36.1 Å². The number of nitrogens with zero attached hydrogens (tertiary/aromatic N) is 1. The zero-order chi connectivity index (χ0) is 18.9. The zero-order valence-corrected chi connectivity index (χ0v) is 15.3. The first kappa shape index (κ1) is 19.9.